The summed E-state index contributed by atoms with van der Waals surface area (Å²) in [6.07, 6.45) is 9.15. The monoisotopic (exact) mass is 328 g/mol. The highest BCUT2D eigenvalue weighted by atomic mass is 16.5. The van der Waals surface area contributed by atoms with Crippen molar-refractivity contribution >= 4 is 5.96 Å². The van der Waals surface area contributed by atoms with E-state index in [9.17, 15) is 0 Å². The van der Waals surface area contributed by atoms with Crippen molar-refractivity contribution < 1.29 is 4.74 Å². The maximum Gasteiger partial charge on any atom is 0.191 e. The Hall–Kier alpha value is -2.19. The van der Waals surface area contributed by atoms with Crippen LogP contribution in [0.1, 0.15) is 30.9 Å². The minimum Gasteiger partial charge on any atom is -0.497 e. The maximum atomic E-state index is 5.31. The number of ether oxygens (including phenoxy) is 1. The fourth-order valence-corrected chi connectivity index (χ4v) is 3.06. The third kappa shape index (κ3) is 5.17. The van der Waals surface area contributed by atoms with Gasteiger partial charge in [-0.25, -0.2) is 0 Å². The van der Waals surface area contributed by atoms with Crippen LogP contribution < -0.4 is 15.4 Å². The molecule has 1 fully saturated rings. The molecule has 1 aromatic rings. The Balaban J connectivity index is 2.08. The lowest BCUT2D eigenvalue weighted by Gasteiger charge is -2.35. The van der Waals surface area contributed by atoms with Crippen LogP contribution in [-0.4, -0.2) is 51.2 Å². The summed E-state index contributed by atoms with van der Waals surface area (Å²) >= 11 is 0. The number of likely N-dealkylation sites (tertiary alicyclic amines) is 1. The number of rotatable bonds is 6. The molecule has 2 rings (SSSR count). The molecule has 130 valence electrons. The molecule has 1 aromatic carbocycles. The highest BCUT2D eigenvalue weighted by molar-refractivity contribution is 5.79. The molecule has 0 radical (unpaired) electrons. The predicted molar refractivity (Wildman–Crippen MR) is 99.4 cm³/mol. The minimum absolute atomic E-state index is 0.306. The van der Waals surface area contributed by atoms with E-state index in [1.54, 1.807) is 14.2 Å². The zero-order valence-corrected chi connectivity index (χ0v) is 14.7. The number of methoxy groups -OCH3 is 1. The van der Waals surface area contributed by atoms with Crippen LogP contribution >= 0.6 is 0 Å². The van der Waals surface area contributed by atoms with E-state index >= 15 is 0 Å². The number of piperidine rings is 1. The first-order valence-corrected chi connectivity index (χ1v) is 8.54. The Kier molecular flexibility index (Phi) is 7.44. The second-order valence-corrected chi connectivity index (χ2v) is 5.90. The zero-order valence-electron chi connectivity index (χ0n) is 14.7. The smallest absolute Gasteiger partial charge is 0.191 e. The molecule has 0 amide bonds. The van der Waals surface area contributed by atoms with Gasteiger partial charge in [0.15, 0.2) is 5.96 Å². The van der Waals surface area contributed by atoms with Crippen LogP contribution in [0, 0.1) is 12.3 Å². The van der Waals surface area contributed by atoms with Crippen molar-refractivity contribution in [3.8, 4) is 18.1 Å². The molecule has 5 nitrogen and oxygen atoms in total. The summed E-state index contributed by atoms with van der Waals surface area (Å²) in [5.74, 6) is 4.20. The molecular formula is C19H28N4O. The van der Waals surface area contributed by atoms with Crippen molar-refractivity contribution in [3.63, 3.8) is 0 Å². The number of nitrogens with zero attached hydrogens (tertiary/aromatic N) is 2. The van der Waals surface area contributed by atoms with E-state index in [0.717, 1.165) is 31.3 Å². The van der Waals surface area contributed by atoms with E-state index in [-0.39, 0.29) is 0 Å². The third-order valence-corrected chi connectivity index (χ3v) is 4.38. The lowest BCUT2D eigenvalue weighted by Crippen LogP contribution is -2.44. The molecule has 0 bridgehead atoms. The number of aliphatic imine (C=N–C) groups is 1. The van der Waals surface area contributed by atoms with E-state index < -0.39 is 0 Å². The van der Waals surface area contributed by atoms with Crippen molar-refractivity contribution in [2.24, 2.45) is 4.99 Å². The van der Waals surface area contributed by atoms with E-state index in [0.29, 0.717) is 12.6 Å². The molecule has 0 spiro atoms. The second-order valence-electron chi connectivity index (χ2n) is 5.90. The van der Waals surface area contributed by atoms with Crippen molar-refractivity contribution in [3.05, 3.63) is 29.8 Å². The Morgan fingerprint density at radius 1 is 1.25 bits per heavy atom. The van der Waals surface area contributed by atoms with Gasteiger partial charge in [0.05, 0.1) is 19.7 Å². The molecule has 0 aliphatic carbocycles. The van der Waals surface area contributed by atoms with Gasteiger partial charge in [0.2, 0.25) is 0 Å². The molecule has 1 aliphatic heterocycles. The molecule has 1 saturated heterocycles. The number of hydrogen-bond acceptors (Lipinski definition) is 3. The van der Waals surface area contributed by atoms with Crippen molar-refractivity contribution in [2.75, 3.05) is 40.3 Å². The minimum atomic E-state index is 0.306. The molecule has 1 unspecified atom stereocenters. The van der Waals surface area contributed by atoms with Crippen molar-refractivity contribution in [1.82, 2.24) is 15.5 Å². The summed E-state index contributed by atoms with van der Waals surface area (Å²) < 4.78 is 5.28. The van der Waals surface area contributed by atoms with Gasteiger partial charge in [0, 0.05) is 13.6 Å². The van der Waals surface area contributed by atoms with E-state index in [4.69, 9.17) is 11.2 Å². The molecule has 0 saturated carbocycles. The summed E-state index contributed by atoms with van der Waals surface area (Å²) in [5.41, 5.74) is 1.29. The van der Waals surface area contributed by atoms with Crippen LogP contribution in [0.3, 0.4) is 0 Å². The largest absolute Gasteiger partial charge is 0.497 e. The lowest BCUT2D eigenvalue weighted by molar-refractivity contribution is 0.164. The van der Waals surface area contributed by atoms with Gasteiger partial charge in [-0.2, -0.15) is 0 Å². The van der Waals surface area contributed by atoms with Crippen molar-refractivity contribution in [2.45, 2.75) is 25.3 Å². The highest BCUT2D eigenvalue weighted by Crippen LogP contribution is 2.25. The molecule has 1 heterocycles. The van der Waals surface area contributed by atoms with Gasteiger partial charge >= 0.3 is 0 Å². The van der Waals surface area contributed by atoms with Gasteiger partial charge < -0.3 is 15.4 Å². The first kappa shape index (κ1) is 18.2. The molecule has 1 atom stereocenters. The molecular weight excluding hydrogens is 300 g/mol. The standard InChI is InChI=1S/C19H28N4O/c1-4-12-21-19(20-2)22-15-18(23-13-6-5-7-14-23)16-8-10-17(24-3)11-9-16/h1,8-11,18H,5-7,12-15H2,2-3H3,(H2,20,21,22). The van der Waals surface area contributed by atoms with Gasteiger partial charge in [-0.1, -0.05) is 24.5 Å². The van der Waals surface area contributed by atoms with Crippen molar-refractivity contribution in [1.29, 1.82) is 0 Å². The van der Waals surface area contributed by atoms with Gasteiger partial charge in [0.25, 0.3) is 0 Å². The van der Waals surface area contributed by atoms with Crippen LogP contribution in [-0.2, 0) is 0 Å². The number of benzene rings is 1. The van der Waals surface area contributed by atoms with Crippen LogP contribution in [0.15, 0.2) is 29.3 Å². The van der Waals surface area contributed by atoms with Gasteiger partial charge in [0.1, 0.15) is 5.75 Å². The maximum absolute atomic E-state index is 5.31. The molecule has 5 heteroatoms. The number of terminal acetylenes is 1. The summed E-state index contributed by atoms with van der Waals surface area (Å²) in [6.45, 7) is 3.52. The average Bonchev–Trinajstić information content (AvgIpc) is 2.65. The number of nitrogens with one attached hydrogen (secondary N) is 2. The van der Waals surface area contributed by atoms with Crippen LogP contribution in [0.5, 0.6) is 5.75 Å². The Labute approximate surface area is 145 Å². The first-order chi connectivity index (χ1) is 11.8. The second kappa shape index (κ2) is 9.84. The molecule has 2 N–H and O–H groups in total. The Bertz CT molecular complexity index is 556. The van der Waals surface area contributed by atoms with Crippen LogP contribution in [0.4, 0.5) is 0 Å². The number of hydrogen-bond donors (Lipinski definition) is 2. The summed E-state index contributed by atoms with van der Waals surface area (Å²) in [7, 11) is 3.45. The Morgan fingerprint density at radius 3 is 2.54 bits per heavy atom. The van der Waals surface area contributed by atoms with E-state index in [1.807, 2.05) is 12.1 Å². The number of guanidine groups is 1. The lowest BCUT2D eigenvalue weighted by atomic mass is 10.0. The highest BCUT2D eigenvalue weighted by Gasteiger charge is 2.22. The average molecular weight is 328 g/mol. The van der Waals surface area contributed by atoms with Crippen LogP contribution in [0.2, 0.25) is 0 Å². The van der Waals surface area contributed by atoms with E-state index in [1.165, 1.54) is 24.8 Å². The van der Waals surface area contributed by atoms with Gasteiger partial charge in [-0.05, 0) is 43.6 Å². The molecule has 0 aromatic heterocycles. The van der Waals surface area contributed by atoms with Gasteiger partial charge in [-0.3, -0.25) is 9.89 Å². The fraction of sp³-hybridized carbons (Fsp3) is 0.526. The third-order valence-electron chi connectivity index (χ3n) is 4.38. The quantitative estimate of drug-likeness (QED) is 0.476. The molecule has 24 heavy (non-hydrogen) atoms. The van der Waals surface area contributed by atoms with Gasteiger partial charge in [-0.15, -0.1) is 6.42 Å². The Morgan fingerprint density at radius 2 is 1.96 bits per heavy atom. The topological polar surface area (TPSA) is 48.9 Å². The SMILES string of the molecule is C#CCNC(=NC)NCC(c1ccc(OC)cc1)N1CCCCC1. The summed E-state index contributed by atoms with van der Waals surface area (Å²) in [4.78, 5) is 6.77. The zero-order chi connectivity index (χ0) is 17.2. The normalized spacial score (nSPS) is 17.0. The summed E-state index contributed by atoms with van der Waals surface area (Å²) in [6, 6.07) is 8.66. The summed E-state index contributed by atoms with van der Waals surface area (Å²) in [5, 5.41) is 6.51. The molecule has 1 aliphatic rings. The van der Waals surface area contributed by atoms with Crippen LogP contribution in [0.25, 0.3) is 0 Å². The van der Waals surface area contributed by atoms with E-state index in [2.05, 4.69) is 38.6 Å². The first-order valence-electron chi connectivity index (χ1n) is 8.54. The fourth-order valence-electron chi connectivity index (χ4n) is 3.06. The predicted octanol–water partition coefficient (Wildman–Crippen LogP) is 2.02.